The Morgan fingerprint density at radius 1 is 1.28 bits per heavy atom. The van der Waals surface area contributed by atoms with Crippen molar-refractivity contribution in [3.63, 3.8) is 0 Å². The van der Waals surface area contributed by atoms with E-state index < -0.39 is 0 Å². The molecule has 4 aliphatic rings. The number of rotatable bonds is 6. The molecule has 3 saturated heterocycles. The fourth-order valence-electron chi connectivity index (χ4n) is 7.26. The van der Waals surface area contributed by atoms with Crippen LogP contribution in [0.5, 0.6) is 0 Å². The van der Waals surface area contributed by atoms with Crippen molar-refractivity contribution < 1.29 is 9.84 Å². The zero-order valence-electron chi connectivity index (χ0n) is 19.9. The van der Waals surface area contributed by atoms with Crippen LogP contribution in [0.15, 0.2) is 23.4 Å². The standard InChI is InChI=1S/C26H38N4O2/c1-18-5-4-7-25(2,3)22(18)6-8-29-14-24-21(15-31)23-13-30(17-26(23,16-29)32-24)12-19-9-20(10-27)28-11-19/h9,11,21,23-24,28,31H,4-8,12-17H2,1-3H3/t21-,23+,24+,26+/m0/s1. The van der Waals surface area contributed by atoms with Gasteiger partial charge in [0.25, 0.3) is 0 Å². The minimum Gasteiger partial charge on any atom is -0.396 e. The number of allylic oxidation sites excluding steroid dienone is 1. The summed E-state index contributed by atoms with van der Waals surface area (Å²) >= 11 is 0. The van der Waals surface area contributed by atoms with Crippen LogP contribution in [0.25, 0.3) is 0 Å². The Kier molecular flexibility index (Phi) is 5.74. The summed E-state index contributed by atoms with van der Waals surface area (Å²) in [5, 5.41) is 19.3. The number of morpholine rings is 1. The molecule has 0 radical (unpaired) electrons. The number of aromatic amines is 1. The summed E-state index contributed by atoms with van der Waals surface area (Å²) in [6, 6.07) is 4.11. The summed E-state index contributed by atoms with van der Waals surface area (Å²) in [4.78, 5) is 8.11. The van der Waals surface area contributed by atoms with Crippen LogP contribution in [0, 0.1) is 28.6 Å². The lowest BCUT2D eigenvalue weighted by molar-refractivity contribution is -0.117. The topological polar surface area (TPSA) is 75.5 Å². The maximum absolute atomic E-state index is 10.2. The summed E-state index contributed by atoms with van der Waals surface area (Å²) < 4.78 is 6.68. The highest BCUT2D eigenvalue weighted by atomic mass is 16.5. The number of hydrogen-bond acceptors (Lipinski definition) is 5. The van der Waals surface area contributed by atoms with Crippen LogP contribution in [0.4, 0.5) is 0 Å². The molecule has 4 atom stereocenters. The Labute approximate surface area is 192 Å². The van der Waals surface area contributed by atoms with E-state index in [2.05, 4.69) is 41.6 Å². The number of fused-ring (bicyclic) bond motifs is 1. The molecule has 6 nitrogen and oxygen atoms in total. The highest BCUT2D eigenvalue weighted by Crippen LogP contribution is 2.49. The number of nitriles is 1. The van der Waals surface area contributed by atoms with E-state index in [1.165, 1.54) is 19.3 Å². The van der Waals surface area contributed by atoms with Crippen LogP contribution in [0.2, 0.25) is 0 Å². The molecule has 2 N–H and O–H groups in total. The Morgan fingerprint density at radius 3 is 2.81 bits per heavy atom. The third-order valence-corrected chi connectivity index (χ3v) is 8.78. The second-order valence-electron chi connectivity index (χ2n) is 11.4. The van der Waals surface area contributed by atoms with Gasteiger partial charge in [-0.25, -0.2) is 0 Å². The van der Waals surface area contributed by atoms with Crippen LogP contribution in [0.1, 0.15) is 57.7 Å². The second-order valence-corrected chi connectivity index (χ2v) is 11.4. The lowest BCUT2D eigenvalue weighted by Gasteiger charge is -2.42. The van der Waals surface area contributed by atoms with E-state index in [0.29, 0.717) is 17.0 Å². The van der Waals surface area contributed by atoms with E-state index >= 15 is 0 Å². The predicted octanol–water partition coefficient (Wildman–Crippen LogP) is 3.30. The molecule has 0 unspecified atom stereocenters. The number of nitrogens with one attached hydrogen (secondary N) is 1. The maximum Gasteiger partial charge on any atom is 0.117 e. The number of ether oxygens (including phenoxy) is 1. The zero-order valence-corrected chi connectivity index (χ0v) is 19.9. The van der Waals surface area contributed by atoms with Crippen molar-refractivity contribution in [2.45, 2.75) is 64.7 Å². The van der Waals surface area contributed by atoms with Gasteiger partial charge in [-0.05, 0) is 49.7 Å². The number of aromatic nitrogens is 1. The Hall–Kier alpha value is -1.65. The first-order chi connectivity index (χ1) is 15.3. The molecule has 2 bridgehead atoms. The van der Waals surface area contributed by atoms with Gasteiger partial charge in [-0.1, -0.05) is 25.0 Å². The maximum atomic E-state index is 10.2. The van der Waals surface area contributed by atoms with Gasteiger partial charge in [-0.15, -0.1) is 0 Å². The summed E-state index contributed by atoms with van der Waals surface area (Å²) in [6.45, 7) is 13.1. The molecular formula is C26H38N4O2. The Bertz CT molecular complexity index is 929. The van der Waals surface area contributed by atoms with E-state index in [0.717, 1.165) is 51.3 Å². The molecule has 1 aromatic heterocycles. The molecule has 174 valence electrons. The Balaban J connectivity index is 1.28. The summed E-state index contributed by atoms with van der Waals surface area (Å²) in [6.07, 6.45) is 7.11. The lowest BCUT2D eigenvalue weighted by atomic mass is 9.71. The SMILES string of the molecule is CC1=C(CCN2C[C@H]3O[C@@]4(CN(Cc5c[nH]c(C#N)c5)C[C@@H]4[C@@H]3CO)C2)C(C)(C)CCC1. The number of hydrogen-bond donors (Lipinski definition) is 2. The van der Waals surface area contributed by atoms with E-state index in [-0.39, 0.29) is 24.2 Å². The lowest BCUT2D eigenvalue weighted by Crippen LogP contribution is -2.54. The predicted molar refractivity (Wildman–Crippen MR) is 124 cm³/mol. The average molecular weight is 439 g/mol. The number of H-pyrrole nitrogens is 1. The minimum absolute atomic E-state index is 0.146. The summed E-state index contributed by atoms with van der Waals surface area (Å²) in [7, 11) is 0. The normalized spacial score (nSPS) is 34.7. The van der Waals surface area contributed by atoms with Crippen molar-refractivity contribution >= 4 is 0 Å². The molecule has 6 heteroatoms. The van der Waals surface area contributed by atoms with Crippen LogP contribution in [-0.2, 0) is 11.3 Å². The third-order valence-electron chi connectivity index (χ3n) is 8.78. The van der Waals surface area contributed by atoms with E-state index in [9.17, 15) is 5.11 Å². The second kappa shape index (κ2) is 8.29. The van der Waals surface area contributed by atoms with Crippen molar-refractivity contribution in [3.8, 4) is 6.07 Å². The van der Waals surface area contributed by atoms with E-state index in [1.807, 2.05) is 12.3 Å². The van der Waals surface area contributed by atoms with Crippen LogP contribution < -0.4 is 0 Å². The van der Waals surface area contributed by atoms with Crippen molar-refractivity contribution in [1.82, 2.24) is 14.8 Å². The van der Waals surface area contributed by atoms with E-state index in [4.69, 9.17) is 10.00 Å². The van der Waals surface area contributed by atoms with Crippen molar-refractivity contribution in [3.05, 3.63) is 34.7 Å². The highest BCUT2D eigenvalue weighted by Gasteiger charge is 2.61. The zero-order chi connectivity index (χ0) is 22.5. The fraction of sp³-hybridized carbons (Fsp3) is 0.731. The molecule has 1 aliphatic carbocycles. The van der Waals surface area contributed by atoms with Gasteiger partial charge in [0.1, 0.15) is 11.8 Å². The van der Waals surface area contributed by atoms with Gasteiger partial charge >= 0.3 is 0 Å². The highest BCUT2D eigenvalue weighted by molar-refractivity contribution is 5.27. The molecule has 1 spiro atoms. The molecule has 5 rings (SSSR count). The van der Waals surface area contributed by atoms with Crippen LogP contribution in [-0.4, -0.2) is 70.9 Å². The first kappa shape index (κ1) is 22.2. The first-order valence-electron chi connectivity index (χ1n) is 12.3. The third kappa shape index (κ3) is 3.84. The molecule has 0 saturated carbocycles. The van der Waals surface area contributed by atoms with Gasteiger partial charge in [0.2, 0.25) is 0 Å². The molecule has 3 fully saturated rings. The van der Waals surface area contributed by atoms with Gasteiger partial charge in [-0.3, -0.25) is 9.80 Å². The summed E-state index contributed by atoms with van der Waals surface area (Å²) in [5.74, 6) is 0.599. The molecular weight excluding hydrogens is 400 g/mol. The van der Waals surface area contributed by atoms with E-state index in [1.54, 1.807) is 11.1 Å². The van der Waals surface area contributed by atoms with Gasteiger partial charge in [0.05, 0.1) is 11.7 Å². The Morgan fingerprint density at radius 2 is 2.09 bits per heavy atom. The molecule has 32 heavy (non-hydrogen) atoms. The average Bonchev–Trinajstić information content (AvgIpc) is 3.37. The number of likely N-dealkylation sites (tertiary alicyclic amines) is 2. The molecule has 0 aromatic carbocycles. The van der Waals surface area contributed by atoms with Gasteiger partial charge in [-0.2, -0.15) is 5.26 Å². The molecule has 3 aliphatic heterocycles. The molecule has 4 heterocycles. The van der Waals surface area contributed by atoms with Gasteiger partial charge in [0.15, 0.2) is 0 Å². The van der Waals surface area contributed by atoms with Crippen molar-refractivity contribution in [1.29, 1.82) is 5.26 Å². The monoisotopic (exact) mass is 438 g/mol. The van der Waals surface area contributed by atoms with Crippen molar-refractivity contribution in [2.75, 3.05) is 39.3 Å². The van der Waals surface area contributed by atoms with Crippen molar-refractivity contribution in [2.24, 2.45) is 17.3 Å². The number of aliphatic hydroxyl groups is 1. The van der Waals surface area contributed by atoms with Gasteiger partial charge in [0, 0.05) is 63.9 Å². The quantitative estimate of drug-likeness (QED) is 0.667. The first-order valence-corrected chi connectivity index (χ1v) is 12.3. The van der Waals surface area contributed by atoms with Crippen LogP contribution >= 0.6 is 0 Å². The molecule has 1 aromatic rings. The van der Waals surface area contributed by atoms with Gasteiger partial charge < -0.3 is 14.8 Å². The summed E-state index contributed by atoms with van der Waals surface area (Å²) in [5.41, 5.74) is 5.19. The molecule has 0 amide bonds. The smallest absolute Gasteiger partial charge is 0.117 e. The fourth-order valence-corrected chi connectivity index (χ4v) is 7.26. The van der Waals surface area contributed by atoms with Crippen LogP contribution in [0.3, 0.4) is 0 Å². The number of nitrogens with zero attached hydrogens (tertiary/aromatic N) is 3. The minimum atomic E-state index is -0.170. The largest absolute Gasteiger partial charge is 0.396 e. The number of aliphatic hydroxyl groups excluding tert-OH is 1.